The Bertz CT molecular complexity index is 1110. The molecule has 0 bridgehead atoms. The second-order valence-corrected chi connectivity index (χ2v) is 11.4. The van der Waals surface area contributed by atoms with Crippen LogP contribution in [-0.2, 0) is 9.47 Å². The van der Waals surface area contributed by atoms with Crippen molar-refractivity contribution in [2.75, 3.05) is 13.2 Å². The summed E-state index contributed by atoms with van der Waals surface area (Å²) in [5.74, 6) is -5.66. The summed E-state index contributed by atoms with van der Waals surface area (Å²) in [4.78, 5) is 0. The van der Waals surface area contributed by atoms with Gasteiger partial charge in [-0.2, -0.15) is 8.78 Å². The van der Waals surface area contributed by atoms with Gasteiger partial charge in [-0.25, -0.2) is 17.6 Å². The van der Waals surface area contributed by atoms with Crippen LogP contribution in [-0.4, -0.2) is 25.6 Å². The van der Waals surface area contributed by atoms with Crippen LogP contribution in [0.3, 0.4) is 0 Å². The highest BCUT2D eigenvalue weighted by Crippen LogP contribution is 2.44. The molecule has 2 aromatic carbocycles. The maximum Gasteiger partial charge on any atom is 0.400 e. The maximum atomic E-state index is 15.0. The van der Waals surface area contributed by atoms with E-state index in [9.17, 15) is 13.2 Å². The fourth-order valence-electron chi connectivity index (χ4n) is 6.31. The standard InChI is InChI=1S/C30H34F6O3/c1-17-15-37-29(38-16-17)20-6-8-22(9-7-20)30(35,36)39-23-10-11-24(25(31)14-23)19-4-2-18(3-5-19)21-12-26(32)28(34)27(33)13-21/h10-14,17-20,22,29H,2-9,15-16H2,1H3. The van der Waals surface area contributed by atoms with Gasteiger partial charge in [0.15, 0.2) is 23.7 Å². The topological polar surface area (TPSA) is 27.7 Å². The maximum absolute atomic E-state index is 15.0. The minimum atomic E-state index is -3.43. The van der Waals surface area contributed by atoms with E-state index in [0.29, 0.717) is 68.8 Å². The van der Waals surface area contributed by atoms with Crippen molar-refractivity contribution in [2.24, 2.45) is 17.8 Å². The van der Waals surface area contributed by atoms with Crippen molar-refractivity contribution < 1.29 is 40.6 Å². The van der Waals surface area contributed by atoms with Gasteiger partial charge in [-0.3, -0.25) is 0 Å². The van der Waals surface area contributed by atoms with E-state index in [1.54, 1.807) is 0 Å². The molecule has 9 heteroatoms. The number of alkyl halides is 2. The fourth-order valence-corrected chi connectivity index (χ4v) is 6.31. The molecule has 5 rings (SSSR count). The highest BCUT2D eigenvalue weighted by Gasteiger charge is 2.45. The molecule has 1 heterocycles. The molecule has 0 amide bonds. The number of rotatable bonds is 6. The number of ether oxygens (including phenoxy) is 3. The lowest BCUT2D eigenvalue weighted by atomic mass is 9.76. The summed E-state index contributed by atoms with van der Waals surface area (Å²) in [5, 5.41) is 0. The molecule has 0 unspecified atom stereocenters. The predicted octanol–water partition coefficient (Wildman–Crippen LogP) is 8.47. The van der Waals surface area contributed by atoms with Crippen LogP contribution in [0.15, 0.2) is 30.3 Å². The monoisotopic (exact) mass is 556 g/mol. The minimum Gasteiger partial charge on any atom is -0.432 e. The summed E-state index contributed by atoms with van der Waals surface area (Å²) >= 11 is 0. The van der Waals surface area contributed by atoms with Gasteiger partial charge in [0.05, 0.1) is 19.1 Å². The first-order valence-corrected chi connectivity index (χ1v) is 13.8. The van der Waals surface area contributed by atoms with Crippen LogP contribution in [0, 0.1) is 41.0 Å². The summed E-state index contributed by atoms with van der Waals surface area (Å²) in [6.07, 6.45) is 0.0544. The largest absolute Gasteiger partial charge is 0.432 e. The van der Waals surface area contributed by atoms with Crippen molar-refractivity contribution in [1.29, 1.82) is 0 Å². The Balaban J connectivity index is 1.15. The number of hydrogen-bond acceptors (Lipinski definition) is 3. The third kappa shape index (κ3) is 6.40. The summed E-state index contributed by atoms with van der Waals surface area (Å²) in [6, 6.07) is 5.90. The van der Waals surface area contributed by atoms with Crippen LogP contribution in [0.5, 0.6) is 5.75 Å². The van der Waals surface area contributed by atoms with Gasteiger partial charge in [-0.05, 0) is 92.5 Å². The van der Waals surface area contributed by atoms with Gasteiger partial charge in [0.2, 0.25) is 0 Å². The Hall–Kier alpha value is -2.26. The molecule has 2 aliphatic carbocycles. The molecule has 0 spiro atoms. The first-order valence-electron chi connectivity index (χ1n) is 13.8. The van der Waals surface area contributed by atoms with Crippen molar-refractivity contribution >= 4 is 0 Å². The highest BCUT2D eigenvalue weighted by molar-refractivity contribution is 5.32. The molecule has 1 aliphatic heterocycles. The third-order valence-electron chi connectivity index (χ3n) is 8.59. The van der Waals surface area contributed by atoms with Gasteiger partial charge in [0.1, 0.15) is 11.6 Å². The van der Waals surface area contributed by atoms with Crippen molar-refractivity contribution in [3.63, 3.8) is 0 Å². The fraction of sp³-hybridized carbons (Fsp3) is 0.600. The lowest BCUT2D eigenvalue weighted by molar-refractivity contribution is -0.246. The van der Waals surface area contributed by atoms with Crippen LogP contribution in [0.4, 0.5) is 26.3 Å². The quantitative estimate of drug-likeness (QED) is 0.264. The molecule has 1 saturated heterocycles. The molecule has 0 aromatic heterocycles. The Morgan fingerprint density at radius 1 is 0.744 bits per heavy atom. The molecule has 0 N–H and O–H groups in total. The normalized spacial score (nSPS) is 30.2. The first kappa shape index (κ1) is 28.3. The summed E-state index contributed by atoms with van der Waals surface area (Å²) in [6.45, 7) is 3.26. The second kappa shape index (κ2) is 11.7. The van der Waals surface area contributed by atoms with E-state index in [0.717, 1.165) is 18.2 Å². The molecule has 3 aliphatic rings. The van der Waals surface area contributed by atoms with Gasteiger partial charge >= 0.3 is 6.11 Å². The molecule has 39 heavy (non-hydrogen) atoms. The lowest BCUT2D eigenvalue weighted by Crippen LogP contribution is -2.41. The molecule has 0 radical (unpaired) electrons. The van der Waals surface area contributed by atoms with Gasteiger partial charge in [-0.15, -0.1) is 0 Å². The molecule has 3 nitrogen and oxygen atoms in total. The summed E-state index contributed by atoms with van der Waals surface area (Å²) in [5.41, 5.74) is 0.793. The Morgan fingerprint density at radius 2 is 1.33 bits per heavy atom. The van der Waals surface area contributed by atoms with Gasteiger partial charge in [0.25, 0.3) is 0 Å². The highest BCUT2D eigenvalue weighted by atomic mass is 19.3. The van der Waals surface area contributed by atoms with E-state index in [-0.39, 0.29) is 42.6 Å². The average molecular weight is 557 g/mol. The minimum absolute atomic E-state index is 0.0810. The van der Waals surface area contributed by atoms with E-state index in [1.807, 2.05) is 6.92 Å². The molecule has 2 aromatic rings. The van der Waals surface area contributed by atoms with Crippen LogP contribution in [0.1, 0.15) is 81.3 Å². The van der Waals surface area contributed by atoms with E-state index in [4.69, 9.17) is 14.2 Å². The van der Waals surface area contributed by atoms with Crippen molar-refractivity contribution in [1.82, 2.24) is 0 Å². The molecule has 2 saturated carbocycles. The Morgan fingerprint density at radius 3 is 1.92 bits per heavy atom. The van der Waals surface area contributed by atoms with Gasteiger partial charge < -0.3 is 14.2 Å². The molecular weight excluding hydrogens is 522 g/mol. The summed E-state index contributed by atoms with van der Waals surface area (Å²) in [7, 11) is 0. The number of benzene rings is 2. The van der Waals surface area contributed by atoms with Crippen LogP contribution in [0.25, 0.3) is 0 Å². The molecular formula is C30H34F6O3. The van der Waals surface area contributed by atoms with Gasteiger partial charge in [0, 0.05) is 17.9 Å². The van der Waals surface area contributed by atoms with E-state index in [1.165, 1.54) is 12.1 Å². The van der Waals surface area contributed by atoms with Crippen LogP contribution >= 0.6 is 0 Å². The SMILES string of the molecule is CC1COC(C2CCC(C(F)(F)Oc3ccc(C4CCC(c5cc(F)c(F)c(F)c5)CC4)c(F)c3)CC2)OC1. The second-order valence-electron chi connectivity index (χ2n) is 11.4. The molecule has 0 atom stereocenters. The van der Waals surface area contributed by atoms with Crippen LogP contribution < -0.4 is 4.74 Å². The molecule has 3 fully saturated rings. The smallest absolute Gasteiger partial charge is 0.400 e. The third-order valence-corrected chi connectivity index (χ3v) is 8.59. The van der Waals surface area contributed by atoms with E-state index < -0.39 is 35.3 Å². The predicted molar refractivity (Wildman–Crippen MR) is 133 cm³/mol. The number of hydrogen-bond donors (Lipinski definition) is 0. The lowest BCUT2D eigenvalue weighted by Gasteiger charge is -2.38. The zero-order chi connectivity index (χ0) is 27.7. The van der Waals surface area contributed by atoms with Crippen molar-refractivity contribution in [2.45, 2.75) is 82.5 Å². The summed E-state index contributed by atoms with van der Waals surface area (Å²) < 4.78 is 102. The van der Waals surface area contributed by atoms with Crippen LogP contribution in [0.2, 0.25) is 0 Å². The van der Waals surface area contributed by atoms with Crippen molar-refractivity contribution in [3.05, 3.63) is 64.7 Å². The molecule has 214 valence electrons. The zero-order valence-corrected chi connectivity index (χ0v) is 21.9. The zero-order valence-electron chi connectivity index (χ0n) is 21.9. The van der Waals surface area contributed by atoms with Gasteiger partial charge in [-0.1, -0.05) is 13.0 Å². The number of halogens is 6. The van der Waals surface area contributed by atoms with Crippen molar-refractivity contribution in [3.8, 4) is 5.75 Å². The average Bonchev–Trinajstić information content (AvgIpc) is 2.92. The Kier molecular flexibility index (Phi) is 8.48. The van der Waals surface area contributed by atoms with E-state index in [2.05, 4.69) is 0 Å². The van der Waals surface area contributed by atoms with E-state index >= 15 is 13.2 Å². The Labute approximate surface area is 224 Å². The first-order chi connectivity index (χ1) is 18.6.